The van der Waals surface area contributed by atoms with Gasteiger partial charge in [-0.25, -0.2) is 4.98 Å². The number of hydrogen-bond donors (Lipinski definition) is 2. The number of rotatable bonds is 2. The van der Waals surface area contributed by atoms with Crippen molar-refractivity contribution in [1.29, 1.82) is 0 Å². The minimum atomic E-state index is 0.237. The quantitative estimate of drug-likeness (QED) is 0.724. The van der Waals surface area contributed by atoms with Crippen LogP contribution in [0.25, 0.3) is 22.6 Å². The number of hydrogen-bond acceptors (Lipinski definition) is 3. The van der Waals surface area contributed by atoms with Crippen molar-refractivity contribution in [3.05, 3.63) is 53.7 Å². The number of aryl methyl sites for hydroxylation is 1. The Bertz CT molecular complexity index is 943. The maximum Gasteiger partial charge on any atom is 0.144 e. The Labute approximate surface area is 147 Å². The summed E-state index contributed by atoms with van der Waals surface area (Å²) in [5.41, 5.74) is 4.53. The molecule has 128 valence electrons. The van der Waals surface area contributed by atoms with Gasteiger partial charge in [0.2, 0.25) is 0 Å². The van der Waals surface area contributed by atoms with Gasteiger partial charge < -0.3 is 14.8 Å². The van der Waals surface area contributed by atoms with Crippen molar-refractivity contribution >= 4 is 0 Å². The van der Waals surface area contributed by atoms with E-state index in [-0.39, 0.29) is 11.5 Å². The Kier molecular flexibility index (Phi) is 3.75. The highest BCUT2D eigenvalue weighted by atomic mass is 16.3. The third kappa shape index (κ3) is 2.68. The number of aromatic hydroxyl groups is 2. The number of fused-ring (bicyclic) bond motifs is 1. The van der Waals surface area contributed by atoms with Crippen LogP contribution in [-0.2, 0) is 13.0 Å². The van der Waals surface area contributed by atoms with Crippen molar-refractivity contribution in [1.82, 2.24) is 9.55 Å². The van der Waals surface area contributed by atoms with Crippen molar-refractivity contribution in [3.63, 3.8) is 0 Å². The molecule has 2 aromatic carbocycles. The van der Waals surface area contributed by atoms with E-state index in [1.54, 1.807) is 12.1 Å². The molecule has 0 saturated carbocycles. The Morgan fingerprint density at radius 2 is 1.80 bits per heavy atom. The predicted octanol–water partition coefficient (Wildman–Crippen LogP) is 4.52. The van der Waals surface area contributed by atoms with Crippen LogP contribution in [0, 0.1) is 12.8 Å². The van der Waals surface area contributed by atoms with Crippen molar-refractivity contribution in [3.8, 4) is 34.1 Å². The van der Waals surface area contributed by atoms with Crippen molar-refractivity contribution in [2.24, 2.45) is 5.92 Å². The summed E-state index contributed by atoms with van der Waals surface area (Å²) < 4.78 is 2.21. The highest BCUT2D eigenvalue weighted by molar-refractivity contribution is 5.75. The lowest BCUT2D eigenvalue weighted by Gasteiger charge is -2.23. The first-order chi connectivity index (χ1) is 12.0. The van der Waals surface area contributed by atoms with Crippen LogP contribution in [0.4, 0.5) is 0 Å². The Balaban J connectivity index is 1.97. The minimum absolute atomic E-state index is 0.237. The zero-order valence-electron chi connectivity index (χ0n) is 14.5. The summed E-state index contributed by atoms with van der Waals surface area (Å²) in [6.07, 6.45) is 2.02. The second kappa shape index (κ2) is 5.96. The third-order valence-corrected chi connectivity index (χ3v) is 4.99. The number of aromatic nitrogens is 2. The minimum Gasteiger partial charge on any atom is -0.507 e. The molecule has 1 atom stereocenters. The van der Waals surface area contributed by atoms with Gasteiger partial charge in [0.25, 0.3) is 0 Å². The maximum absolute atomic E-state index is 10.4. The lowest BCUT2D eigenvalue weighted by atomic mass is 9.97. The SMILES string of the molecule is Cc1ccc(O)c(-c2nc(-c3ccccc3O)c3n2CC(C)CC3)c1. The van der Waals surface area contributed by atoms with Gasteiger partial charge in [-0.2, -0.15) is 0 Å². The van der Waals surface area contributed by atoms with E-state index in [1.807, 2.05) is 37.3 Å². The van der Waals surface area contributed by atoms with Crippen molar-refractivity contribution < 1.29 is 10.2 Å². The molecule has 2 heterocycles. The van der Waals surface area contributed by atoms with E-state index in [9.17, 15) is 10.2 Å². The molecule has 3 aromatic rings. The van der Waals surface area contributed by atoms with Crippen LogP contribution in [0.5, 0.6) is 11.5 Å². The lowest BCUT2D eigenvalue weighted by Crippen LogP contribution is -2.18. The van der Waals surface area contributed by atoms with Crippen LogP contribution in [-0.4, -0.2) is 19.8 Å². The predicted molar refractivity (Wildman–Crippen MR) is 98.7 cm³/mol. The molecule has 4 heteroatoms. The van der Waals surface area contributed by atoms with Crippen LogP contribution in [0.15, 0.2) is 42.5 Å². The third-order valence-electron chi connectivity index (χ3n) is 4.99. The average molecular weight is 334 g/mol. The molecular formula is C21H22N2O2. The number of phenols is 2. The van der Waals surface area contributed by atoms with Crippen LogP contribution in [0.1, 0.15) is 24.6 Å². The molecule has 1 aromatic heterocycles. The van der Waals surface area contributed by atoms with Gasteiger partial charge in [-0.05, 0) is 49.9 Å². The molecule has 25 heavy (non-hydrogen) atoms. The smallest absolute Gasteiger partial charge is 0.144 e. The van der Waals surface area contributed by atoms with Crippen molar-refractivity contribution in [2.45, 2.75) is 33.2 Å². The molecule has 1 aliphatic heterocycles. The standard InChI is InChI=1S/C21H22N2O2/c1-13-8-10-19(25)16(11-13)21-22-20(15-5-3-4-6-18(15)24)17-9-7-14(2)12-23(17)21/h3-6,8,10-11,14,24-25H,7,9,12H2,1-2H3. The van der Waals surface area contributed by atoms with E-state index < -0.39 is 0 Å². The zero-order chi connectivity index (χ0) is 17.6. The fraction of sp³-hybridized carbons (Fsp3) is 0.286. The van der Waals surface area contributed by atoms with E-state index >= 15 is 0 Å². The second-order valence-corrected chi connectivity index (χ2v) is 7.02. The van der Waals surface area contributed by atoms with Crippen molar-refractivity contribution in [2.75, 3.05) is 0 Å². The van der Waals surface area contributed by atoms with Crippen LogP contribution in [0.3, 0.4) is 0 Å². The van der Waals surface area contributed by atoms with Gasteiger partial charge in [-0.15, -0.1) is 0 Å². The first-order valence-corrected chi connectivity index (χ1v) is 8.72. The molecule has 0 bridgehead atoms. The van der Waals surface area contributed by atoms with Gasteiger partial charge in [-0.1, -0.05) is 30.7 Å². The molecule has 0 fully saturated rings. The number of para-hydroxylation sites is 1. The molecule has 4 nitrogen and oxygen atoms in total. The Morgan fingerprint density at radius 1 is 1.04 bits per heavy atom. The summed E-state index contributed by atoms with van der Waals surface area (Å²) in [6.45, 7) is 5.12. The molecule has 0 spiro atoms. The van der Waals surface area contributed by atoms with Crippen LogP contribution >= 0.6 is 0 Å². The number of imidazole rings is 1. The van der Waals surface area contributed by atoms with Gasteiger partial charge in [0.1, 0.15) is 17.3 Å². The molecule has 2 N–H and O–H groups in total. The average Bonchev–Trinajstić information content (AvgIpc) is 2.96. The summed E-state index contributed by atoms with van der Waals surface area (Å²) in [7, 11) is 0. The molecule has 0 saturated heterocycles. The number of benzene rings is 2. The Hall–Kier alpha value is -2.75. The summed E-state index contributed by atoms with van der Waals surface area (Å²) in [6, 6.07) is 12.9. The van der Waals surface area contributed by atoms with Crippen LogP contribution < -0.4 is 0 Å². The molecular weight excluding hydrogens is 312 g/mol. The van der Waals surface area contributed by atoms with E-state index in [4.69, 9.17) is 4.98 Å². The van der Waals surface area contributed by atoms with Crippen LogP contribution in [0.2, 0.25) is 0 Å². The summed E-state index contributed by atoms with van der Waals surface area (Å²) >= 11 is 0. The monoisotopic (exact) mass is 334 g/mol. The second-order valence-electron chi connectivity index (χ2n) is 7.02. The number of phenolic OH excluding ortho intramolecular Hbond substituents is 2. The van der Waals surface area contributed by atoms with Gasteiger partial charge in [-0.3, -0.25) is 0 Å². The largest absolute Gasteiger partial charge is 0.507 e. The topological polar surface area (TPSA) is 58.3 Å². The summed E-state index contributed by atoms with van der Waals surface area (Å²) in [4.78, 5) is 4.87. The van der Waals surface area contributed by atoms with E-state index in [0.29, 0.717) is 5.92 Å². The molecule has 4 rings (SSSR count). The fourth-order valence-corrected chi connectivity index (χ4v) is 3.65. The first kappa shape index (κ1) is 15.8. The van der Waals surface area contributed by atoms with Gasteiger partial charge in [0.05, 0.1) is 11.3 Å². The zero-order valence-corrected chi connectivity index (χ0v) is 14.5. The summed E-state index contributed by atoms with van der Waals surface area (Å²) in [5, 5.41) is 20.7. The highest BCUT2D eigenvalue weighted by Gasteiger charge is 2.26. The summed E-state index contributed by atoms with van der Waals surface area (Å²) in [5.74, 6) is 1.81. The van der Waals surface area contributed by atoms with Gasteiger partial charge >= 0.3 is 0 Å². The maximum atomic E-state index is 10.4. The molecule has 0 amide bonds. The molecule has 1 unspecified atom stereocenters. The first-order valence-electron chi connectivity index (χ1n) is 8.72. The lowest BCUT2D eigenvalue weighted by molar-refractivity contribution is 0.401. The molecule has 0 aliphatic carbocycles. The van der Waals surface area contributed by atoms with E-state index in [1.165, 1.54) is 0 Å². The number of nitrogens with zero attached hydrogens (tertiary/aromatic N) is 2. The van der Waals surface area contributed by atoms with E-state index in [0.717, 1.165) is 53.3 Å². The fourth-order valence-electron chi connectivity index (χ4n) is 3.65. The highest BCUT2D eigenvalue weighted by Crippen LogP contribution is 2.39. The van der Waals surface area contributed by atoms with E-state index in [2.05, 4.69) is 11.5 Å². The van der Waals surface area contributed by atoms with Gasteiger partial charge in [0.15, 0.2) is 0 Å². The Morgan fingerprint density at radius 3 is 2.60 bits per heavy atom. The molecule has 0 radical (unpaired) electrons. The normalized spacial score (nSPS) is 16.6. The molecule has 1 aliphatic rings. The van der Waals surface area contributed by atoms with Gasteiger partial charge in [0, 0.05) is 17.8 Å².